The number of aromatic nitrogens is 3. The third-order valence-corrected chi connectivity index (χ3v) is 6.04. The average Bonchev–Trinajstić information content (AvgIpc) is 2.90. The number of nitrogens with zero attached hydrogens (tertiary/aromatic N) is 4. The van der Waals surface area contributed by atoms with Gasteiger partial charge in [-0.05, 0) is 37.8 Å². The predicted molar refractivity (Wildman–Crippen MR) is 87.5 cm³/mol. The Bertz CT molecular complexity index is 614. The summed E-state index contributed by atoms with van der Waals surface area (Å²) in [5.74, 6) is 1.15. The lowest BCUT2D eigenvalue weighted by Crippen LogP contribution is -2.36. The van der Waals surface area contributed by atoms with E-state index in [0.717, 1.165) is 18.9 Å². The molecule has 1 aliphatic carbocycles. The van der Waals surface area contributed by atoms with Crippen LogP contribution < -0.4 is 5.32 Å². The van der Waals surface area contributed by atoms with Crippen molar-refractivity contribution in [1.29, 1.82) is 0 Å². The van der Waals surface area contributed by atoms with Crippen LogP contribution in [0.25, 0.3) is 0 Å². The van der Waals surface area contributed by atoms with Gasteiger partial charge in [0.15, 0.2) is 0 Å². The van der Waals surface area contributed by atoms with Gasteiger partial charge in [0.2, 0.25) is 0 Å². The number of piperidine rings is 1. The van der Waals surface area contributed by atoms with E-state index >= 15 is 0 Å². The van der Waals surface area contributed by atoms with Gasteiger partial charge in [-0.25, -0.2) is 9.97 Å². The molecular weight excluding hydrogens is 294 g/mol. The smallest absolute Gasteiger partial charge is 0.122 e. The number of nitrogens with one attached hydrogen (secondary N) is 1. The van der Waals surface area contributed by atoms with Crippen molar-refractivity contribution in [1.82, 2.24) is 24.8 Å². The van der Waals surface area contributed by atoms with Gasteiger partial charge < -0.3 is 9.88 Å². The standard InChI is InChI=1S/C16H23N5S/c1-20-8-6-18-14(20)11-21(12-15-19-7-9-22-15)13-10-16(13)2-4-17-5-3-16/h6-9,13,17H,2-5,10-12H2,1H3. The van der Waals surface area contributed by atoms with Crippen LogP contribution in [0.15, 0.2) is 24.0 Å². The van der Waals surface area contributed by atoms with E-state index in [1.807, 2.05) is 18.6 Å². The highest BCUT2D eigenvalue weighted by molar-refractivity contribution is 7.09. The molecule has 1 saturated carbocycles. The normalized spacial score (nSPS) is 23.3. The minimum atomic E-state index is 0.549. The fourth-order valence-electron chi connectivity index (χ4n) is 3.82. The Morgan fingerprint density at radius 2 is 2.18 bits per heavy atom. The number of hydrogen-bond donors (Lipinski definition) is 1. The lowest BCUT2D eigenvalue weighted by molar-refractivity contribution is 0.182. The van der Waals surface area contributed by atoms with Gasteiger partial charge in [-0.2, -0.15) is 0 Å². The number of hydrogen-bond acceptors (Lipinski definition) is 5. The molecule has 5 nitrogen and oxygen atoms in total. The Morgan fingerprint density at radius 1 is 1.32 bits per heavy atom. The van der Waals surface area contributed by atoms with Gasteiger partial charge in [0.05, 0.1) is 13.1 Å². The van der Waals surface area contributed by atoms with Crippen LogP contribution in [0.3, 0.4) is 0 Å². The molecule has 2 aliphatic rings. The Morgan fingerprint density at radius 3 is 2.86 bits per heavy atom. The van der Waals surface area contributed by atoms with Crippen LogP contribution in [-0.2, 0) is 20.1 Å². The van der Waals surface area contributed by atoms with Crippen LogP contribution in [0, 0.1) is 5.41 Å². The second-order valence-corrected chi connectivity index (χ2v) is 7.60. The second kappa shape index (κ2) is 5.76. The SMILES string of the molecule is Cn1ccnc1CN(Cc1nccs1)C1CC12CCNCC2. The molecule has 0 amide bonds. The fourth-order valence-corrected chi connectivity index (χ4v) is 4.46. The first-order chi connectivity index (χ1) is 10.8. The average molecular weight is 317 g/mol. The van der Waals surface area contributed by atoms with E-state index in [1.165, 1.54) is 37.4 Å². The molecule has 3 heterocycles. The topological polar surface area (TPSA) is 46.0 Å². The summed E-state index contributed by atoms with van der Waals surface area (Å²) < 4.78 is 2.13. The summed E-state index contributed by atoms with van der Waals surface area (Å²) in [5, 5.41) is 6.78. The Balaban J connectivity index is 1.52. The third-order valence-electron chi connectivity index (χ3n) is 5.27. The summed E-state index contributed by atoms with van der Waals surface area (Å²) in [5.41, 5.74) is 0.549. The summed E-state index contributed by atoms with van der Waals surface area (Å²) in [6.45, 7) is 4.21. The van der Waals surface area contributed by atoms with E-state index in [0.29, 0.717) is 11.5 Å². The molecule has 118 valence electrons. The highest BCUT2D eigenvalue weighted by Crippen LogP contribution is 2.56. The van der Waals surface area contributed by atoms with Crippen LogP contribution >= 0.6 is 11.3 Å². The number of thiazole rings is 1. The molecule has 0 radical (unpaired) electrons. The van der Waals surface area contributed by atoms with Crippen LogP contribution in [0.1, 0.15) is 30.1 Å². The maximum absolute atomic E-state index is 4.52. The van der Waals surface area contributed by atoms with E-state index in [9.17, 15) is 0 Å². The van der Waals surface area contributed by atoms with E-state index in [1.54, 1.807) is 11.3 Å². The summed E-state index contributed by atoms with van der Waals surface area (Å²) >= 11 is 1.76. The third kappa shape index (κ3) is 2.71. The number of imidazole rings is 1. The fraction of sp³-hybridized carbons (Fsp3) is 0.625. The summed E-state index contributed by atoms with van der Waals surface area (Å²) in [6, 6.07) is 0.690. The molecule has 22 heavy (non-hydrogen) atoms. The van der Waals surface area contributed by atoms with Gasteiger partial charge in [-0.1, -0.05) is 0 Å². The quantitative estimate of drug-likeness (QED) is 0.916. The minimum Gasteiger partial charge on any atom is -0.337 e. The molecule has 1 unspecified atom stereocenters. The van der Waals surface area contributed by atoms with Gasteiger partial charge >= 0.3 is 0 Å². The molecule has 1 atom stereocenters. The second-order valence-electron chi connectivity index (χ2n) is 6.62. The maximum atomic E-state index is 4.52. The first kappa shape index (κ1) is 14.4. The van der Waals surface area contributed by atoms with Crippen molar-refractivity contribution in [3.63, 3.8) is 0 Å². The molecular formula is C16H23N5S. The van der Waals surface area contributed by atoms with E-state index in [-0.39, 0.29) is 0 Å². The molecule has 2 aromatic rings. The zero-order chi connectivity index (χ0) is 15.0. The van der Waals surface area contributed by atoms with Gasteiger partial charge in [-0.3, -0.25) is 4.90 Å². The number of aryl methyl sites for hydroxylation is 1. The van der Waals surface area contributed by atoms with Crippen molar-refractivity contribution in [3.8, 4) is 0 Å². The number of rotatable bonds is 5. The molecule has 0 aromatic carbocycles. The Hall–Kier alpha value is -1.24. The molecule has 1 N–H and O–H groups in total. The minimum absolute atomic E-state index is 0.549. The van der Waals surface area contributed by atoms with Crippen molar-refractivity contribution in [3.05, 3.63) is 34.8 Å². The van der Waals surface area contributed by atoms with Crippen molar-refractivity contribution < 1.29 is 0 Å². The van der Waals surface area contributed by atoms with Crippen molar-refractivity contribution in [2.45, 2.75) is 38.4 Å². The zero-order valence-corrected chi connectivity index (χ0v) is 13.9. The van der Waals surface area contributed by atoms with Gasteiger partial charge in [0, 0.05) is 37.1 Å². The van der Waals surface area contributed by atoms with E-state index < -0.39 is 0 Å². The van der Waals surface area contributed by atoms with Crippen molar-refractivity contribution in [2.24, 2.45) is 12.5 Å². The molecule has 4 rings (SSSR count). The van der Waals surface area contributed by atoms with Crippen LogP contribution in [0.5, 0.6) is 0 Å². The summed E-state index contributed by atoms with van der Waals surface area (Å²) in [7, 11) is 2.08. The van der Waals surface area contributed by atoms with E-state index in [2.05, 4.69) is 37.2 Å². The molecule has 2 aromatic heterocycles. The molecule has 1 aliphatic heterocycles. The Kier molecular flexibility index (Phi) is 3.76. The molecule has 6 heteroatoms. The molecule has 2 fully saturated rings. The van der Waals surface area contributed by atoms with Crippen molar-refractivity contribution in [2.75, 3.05) is 13.1 Å². The molecule has 0 bridgehead atoms. The summed E-state index contributed by atoms with van der Waals surface area (Å²) in [4.78, 5) is 11.6. The van der Waals surface area contributed by atoms with Gasteiger partial charge in [-0.15, -0.1) is 11.3 Å². The maximum Gasteiger partial charge on any atom is 0.122 e. The first-order valence-corrected chi connectivity index (χ1v) is 8.94. The zero-order valence-electron chi connectivity index (χ0n) is 13.0. The van der Waals surface area contributed by atoms with Crippen LogP contribution in [-0.4, -0.2) is 38.6 Å². The van der Waals surface area contributed by atoms with Crippen molar-refractivity contribution >= 4 is 11.3 Å². The van der Waals surface area contributed by atoms with Gasteiger partial charge in [0.1, 0.15) is 10.8 Å². The van der Waals surface area contributed by atoms with Crippen LogP contribution in [0.2, 0.25) is 0 Å². The van der Waals surface area contributed by atoms with Crippen LogP contribution in [0.4, 0.5) is 0 Å². The first-order valence-electron chi connectivity index (χ1n) is 8.06. The molecule has 1 saturated heterocycles. The van der Waals surface area contributed by atoms with E-state index in [4.69, 9.17) is 0 Å². The lowest BCUT2D eigenvalue weighted by atomic mass is 9.93. The largest absolute Gasteiger partial charge is 0.337 e. The highest BCUT2D eigenvalue weighted by atomic mass is 32.1. The van der Waals surface area contributed by atoms with Gasteiger partial charge in [0.25, 0.3) is 0 Å². The lowest BCUT2D eigenvalue weighted by Gasteiger charge is -2.29. The summed E-state index contributed by atoms with van der Waals surface area (Å²) in [6.07, 6.45) is 9.80. The Labute approximate surface area is 135 Å². The molecule has 1 spiro atoms. The highest BCUT2D eigenvalue weighted by Gasteiger charge is 2.56. The monoisotopic (exact) mass is 317 g/mol. The predicted octanol–water partition coefficient (Wildman–Crippen LogP) is 2.02.